The summed E-state index contributed by atoms with van der Waals surface area (Å²) in [5.41, 5.74) is 1.24. The number of rotatable bonds is 1. The van der Waals surface area contributed by atoms with Crippen molar-refractivity contribution in [1.29, 1.82) is 0 Å². The molecule has 1 unspecified atom stereocenters. The number of hydrazone groups is 1. The van der Waals surface area contributed by atoms with E-state index in [4.69, 9.17) is 0 Å². The van der Waals surface area contributed by atoms with Crippen LogP contribution in [0.15, 0.2) is 22.6 Å². The van der Waals surface area contributed by atoms with E-state index in [1.54, 1.807) is 11.3 Å². The van der Waals surface area contributed by atoms with Gasteiger partial charge in [-0.25, -0.2) is 0 Å². The Morgan fingerprint density at radius 2 is 2.50 bits per heavy atom. The SMILES string of the molecule is CC1CC(c2cccs2)=NN1C. The lowest BCUT2D eigenvalue weighted by Crippen LogP contribution is -2.17. The van der Waals surface area contributed by atoms with E-state index in [-0.39, 0.29) is 0 Å². The zero-order chi connectivity index (χ0) is 8.55. The molecule has 0 saturated carbocycles. The van der Waals surface area contributed by atoms with Crippen molar-refractivity contribution in [2.75, 3.05) is 7.05 Å². The van der Waals surface area contributed by atoms with Gasteiger partial charge in [0.2, 0.25) is 0 Å². The fourth-order valence-electron chi connectivity index (χ4n) is 1.33. The van der Waals surface area contributed by atoms with E-state index in [2.05, 4.69) is 29.5 Å². The zero-order valence-electron chi connectivity index (χ0n) is 7.32. The van der Waals surface area contributed by atoms with Gasteiger partial charge in [0.1, 0.15) is 0 Å². The van der Waals surface area contributed by atoms with Crippen LogP contribution in [0.2, 0.25) is 0 Å². The molecule has 0 fully saturated rings. The molecule has 1 aliphatic heterocycles. The fourth-order valence-corrected chi connectivity index (χ4v) is 2.06. The third kappa shape index (κ3) is 1.25. The smallest absolute Gasteiger partial charge is 0.0798 e. The third-order valence-electron chi connectivity index (χ3n) is 2.21. The van der Waals surface area contributed by atoms with Gasteiger partial charge in [-0.15, -0.1) is 11.3 Å². The molecule has 1 atom stereocenters. The molecule has 0 aliphatic carbocycles. The van der Waals surface area contributed by atoms with E-state index in [9.17, 15) is 0 Å². The average molecular weight is 180 g/mol. The quantitative estimate of drug-likeness (QED) is 0.646. The van der Waals surface area contributed by atoms with Gasteiger partial charge in [0.25, 0.3) is 0 Å². The van der Waals surface area contributed by atoms with Crippen molar-refractivity contribution >= 4 is 17.0 Å². The monoisotopic (exact) mass is 180 g/mol. The lowest BCUT2D eigenvalue weighted by atomic mass is 10.1. The van der Waals surface area contributed by atoms with Gasteiger partial charge in [-0.1, -0.05) is 6.07 Å². The van der Waals surface area contributed by atoms with Crippen LogP contribution in [0.4, 0.5) is 0 Å². The molecule has 2 rings (SSSR count). The Labute approximate surface area is 76.5 Å². The first-order valence-corrected chi connectivity index (χ1v) is 4.99. The molecule has 0 spiro atoms. The molecular weight excluding hydrogens is 168 g/mol. The number of nitrogens with zero attached hydrogens (tertiary/aromatic N) is 2. The Morgan fingerprint density at radius 1 is 1.67 bits per heavy atom. The Morgan fingerprint density at radius 3 is 3.00 bits per heavy atom. The Kier molecular flexibility index (Phi) is 1.89. The highest BCUT2D eigenvalue weighted by atomic mass is 32.1. The van der Waals surface area contributed by atoms with E-state index < -0.39 is 0 Å². The van der Waals surface area contributed by atoms with Gasteiger partial charge in [-0.05, 0) is 18.4 Å². The van der Waals surface area contributed by atoms with Gasteiger partial charge in [-0.2, -0.15) is 5.10 Å². The number of hydrogen-bond acceptors (Lipinski definition) is 3. The maximum absolute atomic E-state index is 4.47. The van der Waals surface area contributed by atoms with Crippen molar-refractivity contribution < 1.29 is 0 Å². The van der Waals surface area contributed by atoms with Crippen LogP contribution >= 0.6 is 11.3 Å². The summed E-state index contributed by atoms with van der Waals surface area (Å²) < 4.78 is 0. The molecule has 1 aromatic rings. The van der Waals surface area contributed by atoms with Gasteiger partial charge < -0.3 is 0 Å². The van der Waals surface area contributed by atoms with Crippen molar-refractivity contribution in [1.82, 2.24) is 5.01 Å². The summed E-state index contributed by atoms with van der Waals surface area (Å²) in [5, 5.41) is 8.61. The summed E-state index contributed by atoms with van der Waals surface area (Å²) in [6.07, 6.45) is 1.08. The molecule has 1 aliphatic rings. The summed E-state index contributed by atoms with van der Waals surface area (Å²) in [5.74, 6) is 0. The second-order valence-electron chi connectivity index (χ2n) is 3.15. The van der Waals surface area contributed by atoms with Crippen LogP contribution in [0.1, 0.15) is 18.2 Å². The summed E-state index contributed by atoms with van der Waals surface area (Å²) in [6.45, 7) is 2.20. The predicted molar refractivity (Wildman–Crippen MR) is 52.7 cm³/mol. The normalized spacial score (nSPS) is 23.0. The second-order valence-corrected chi connectivity index (χ2v) is 4.10. The molecule has 0 aromatic carbocycles. The fraction of sp³-hybridized carbons (Fsp3) is 0.444. The van der Waals surface area contributed by atoms with Gasteiger partial charge in [0, 0.05) is 19.5 Å². The molecule has 3 heteroatoms. The van der Waals surface area contributed by atoms with Crippen LogP contribution in [-0.4, -0.2) is 23.8 Å². The Bertz CT molecular complexity index is 289. The van der Waals surface area contributed by atoms with E-state index >= 15 is 0 Å². The molecule has 2 nitrogen and oxygen atoms in total. The average Bonchev–Trinajstić information content (AvgIpc) is 2.61. The first-order chi connectivity index (χ1) is 5.77. The van der Waals surface area contributed by atoms with Crippen LogP contribution in [0, 0.1) is 0 Å². The van der Waals surface area contributed by atoms with Crippen molar-refractivity contribution in [3.63, 3.8) is 0 Å². The van der Waals surface area contributed by atoms with Crippen molar-refractivity contribution in [3.8, 4) is 0 Å². The van der Waals surface area contributed by atoms with E-state index in [1.807, 2.05) is 12.1 Å². The highest BCUT2D eigenvalue weighted by molar-refractivity contribution is 7.12. The van der Waals surface area contributed by atoms with Crippen LogP contribution in [0.5, 0.6) is 0 Å². The summed E-state index contributed by atoms with van der Waals surface area (Å²) >= 11 is 1.77. The first-order valence-electron chi connectivity index (χ1n) is 4.11. The highest BCUT2D eigenvalue weighted by Gasteiger charge is 2.20. The van der Waals surface area contributed by atoms with Crippen molar-refractivity contribution in [3.05, 3.63) is 22.4 Å². The first kappa shape index (κ1) is 7.80. The predicted octanol–water partition coefficient (Wildman–Crippen LogP) is 2.18. The van der Waals surface area contributed by atoms with Crippen LogP contribution < -0.4 is 0 Å². The van der Waals surface area contributed by atoms with Gasteiger partial charge in [0.05, 0.1) is 10.6 Å². The molecule has 0 amide bonds. The summed E-state index contributed by atoms with van der Waals surface area (Å²) in [7, 11) is 2.03. The van der Waals surface area contributed by atoms with Gasteiger partial charge in [-0.3, -0.25) is 5.01 Å². The molecule has 12 heavy (non-hydrogen) atoms. The molecule has 64 valence electrons. The minimum absolute atomic E-state index is 0.557. The van der Waals surface area contributed by atoms with Gasteiger partial charge >= 0.3 is 0 Å². The molecule has 0 bridgehead atoms. The lowest BCUT2D eigenvalue weighted by Gasteiger charge is -2.11. The maximum atomic E-state index is 4.47. The van der Waals surface area contributed by atoms with Crippen molar-refractivity contribution in [2.24, 2.45) is 5.10 Å². The minimum atomic E-state index is 0.557. The topological polar surface area (TPSA) is 15.6 Å². The molecule has 1 aromatic heterocycles. The van der Waals surface area contributed by atoms with E-state index in [0.717, 1.165) is 6.42 Å². The van der Waals surface area contributed by atoms with E-state index in [0.29, 0.717) is 6.04 Å². The van der Waals surface area contributed by atoms with Crippen LogP contribution in [-0.2, 0) is 0 Å². The van der Waals surface area contributed by atoms with Crippen LogP contribution in [0.3, 0.4) is 0 Å². The minimum Gasteiger partial charge on any atom is -0.297 e. The molecule has 2 heterocycles. The van der Waals surface area contributed by atoms with Crippen LogP contribution in [0.25, 0.3) is 0 Å². The highest BCUT2D eigenvalue weighted by Crippen LogP contribution is 2.20. The molecule has 0 N–H and O–H groups in total. The molecular formula is C9H12N2S. The maximum Gasteiger partial charge on any atom is 0.0798 e. The Balaban J connectivity index is 2.23. The standard InChI is InChI=1S/C9H12N2S/c1-7-6-8(10-11(7)2)9-4-3-5-12-9/h3-5,7H,6H2,1-2H3. The van der Waals surface area contributed by atoms with Crippen molar-refractivity contribution in [2.45, 2.75) is 19.4 Å². The largest absolute Gasteiger partial charge is 0.297 e. The summed E-state index contributed by atoms with van der Waals surface area (Å²) in [4.78, 5) is 1.31. The zero-order valence-corrected chi connectivity index (χ0v) is 8.14. The summed E-state index contributed by atoms with van der Waals surface area (Å²) in [6, 6.07) is 4.77. The second kappa shape index (κ2) is 2.90. The number of thiophene rings is 1. The Hall–Kier alpha value is -0.830. The third-order valence-corrected chi connectivity index (χ3v) is 3.13. The van der Waals surface area contributed by atoms with E-state index in [1.165, 1.54) is 10.6 Å². The molecule has 0 radical (unpaired) electrons. The lowest BCUT2D eigenvalue weighted by molar-refractivity contribution is 0.303. The molecule has 0 saturated heterocycles. The van der Waals surface area contributed by atoms with Gasteiger partial charge in [0.15, 0.2) is 0 Å². The number of hydrogen-bond donors (Lipinski definition) is 0.